The lowest BCUT2D eigenvalue weighted by Gasteiger charge is -2.06. The van der Waals surface area contributed by atoms with E-state index < -0.39 is 0 Å². The first-order valence-corrected chi connectivity index (χ1v) is 7.84. The molecular weight excluding hydrogens is 357 g/mol. The van der Waals surface area contributed by atoms with E-state index in [-0.39, 0.29) is 11.7 Å². The Bertz CT molecular complexity index is 625. The summed E-state index contributed by atoms with van der Waals surface area (Å²) < 4.78 is 19.1. The van der Waals surface area contributed by atoms with Gasteiger partial charge in [0.2, 0.25) is 5.91 Å². The smallest absolute Gasteiger partial charge is 0.244 e. The van der Waals surface area contributed by atoms with Crippen LogP contribution >= 0.6 is 27.3 Å². The molecule has 0 radical (unpaired) electrons. The second kappa shape index (κ2) is 7.95. The molecule has 0 atom stereocenters. The number of halogens is 2. The van der Waals surface area contributed by atoms with E-state index in [4.69, 9.17) is 4.74 Å². The maximum Gasteiger partial charge on any atom is 0.244 e. The van der Waals surface area contributed by atoms with Crippen molar-refractivity contribution in [2.75, 3.05) is 13.2 Å². The van der Waals surface area contributed by atoms with Crippen molar-refractivity contribution in [3.8, 4) is 5.75 Å². The lowest BCUT2D eigenvalue weighted by atomic mass is 10.3. The molecule has 0 aliphatic heterocycles. The standard InChI is InChI=1S/C15H13BrFNO2S/c16-14-7-5-13(21-14)6-8-15(19)18-9-10-20-12-3-1-11(17)2-4-12/h1-8H,9-10H2,(H,18,19)/b8-6+. The minimum absolute atomic E-state index is 0.178. The van der Waals surface area contributed by atoms with Crippen LogP contribution in [0.25, 0.3) is 6.08 Å². The first-order valence-electron chi connectivity index (χ1n) is 6.23. The highest BCUT2D eigenvalue weighted by Gasteiger charge is 1.98. The lowest BCUT2D eigenvalue weighted by molar-refractivity contribution is -0.116. The monoisotopic (exact) mass is 369 g/mol. The number of rotatable bonds is 6. The third-order valence-corrected chi connectivity index (χ3v) is 4.07. The van der Waals surface area contributed by atoms with Crippen LogP contribution < -0.4 is 10.1 Å². The summed E-state index contributed by atoms with van der Waals surface area (Å²) in [7, 11) is 0. The normalized spacial score (nSPS) is 10.8. The third kappa shape index (κ3) is 5.69. The predicted octanol–water partition coefficient (Wildman–Crippen LogP) is 3.86. The van der Waals surface area contributed by atoms with Crippen LogP contribution in [0.4, 0.5) is 4.39 Å². The van der Waals surface area contributed by atoms with Gasteiger partial charge in [-0.05, 0) is 58.4 Å². The first-order chi connectivity index (χ1) is 10.1. The van der Waals surface area contributed by atoms with Crippen LogP contribution in [0.3, 0.4) is 0 Å². The molecule has 1 aromatic heterocycles. The Morgan fingerprint density at radius 1 is 1.29 bits per heavy atom. The number of ether oxygens (including phenoxy) is 1. The zero-order chi connectivity index (χ0) is 15.1. The number of carbonyl (C=O) groups is 1. The molecule has 2 rings (SSSR count). The van der Waals surface area contributed by atoms with Crippen LogP contribution in [0.5, 0.6) is 5.75 Å². The fraction of sp³-hybridized carbons (Fsp3) is 0.133. The van der Waals surface area contributed by atoms with E-state index in [1.54, 1.807) is 29.5 Å². The molecule has 1 N–H and O–H groups in total. The molecule has 0 bridgehead atoms. The molecule has 1 aromatic carbocycles. The van der Waals surface area contributed by atoms with E-state index in [1.165, 1.54) is 18.2 Å². The molecule has 0 saturated heterocycles. The topological polar surface area (TPSA) is 38.3 Å². The summed E-state index contributed by atoms with van der Waals surface area (Å²) >= 11 is 4.91. The molecule has 3 nitrogen and oxygen atoms in total. The second-order valence-electron chi connectivity index (χ2n) is 4.07. The highest BCUT2D eigenvalue weighted by atomic mass is 79.9. The average molecular weight is 370 g/mol. The van der Waals surface area contributed by atoms with Gasteiger partial charge in [0.05, 0.1) is 10.3 Å². The minimum atomic E-state index is -0.305. The van der Waals surface area contributed by atoms with Gasteiger partial charge in [0, 0.05) is 11.0 Å². The van der Waals surface area contributed by atoms with E-state index in [1.807, 2.05) is 12.1 Å². The third-order valence-electron chi connectivity index (χ3n) is 2.48. The number of benzene rings is 1. The average Bonchev–Trinajstić information content (AvgIpc) is 2.89. The Morgan fingerprint density at radius 2 is 2.05 bits per heavy atom. The Labute approximate surface area is 134 Å². The van der Waals surface area contributed by atoms with Crippen LogP contribution in [0.1, 0.15) is 4.88 Å². The van der Waals surface area contributed by atoms with Crippen molar-refractivity contribution in [3.63, 3.8) is 0 Å². The predicted molar refractivity (Wildman–Crippen MR) is 86.0 cm³/mol. The summed E-state index contributed by atoms with van der Waals surface area (Å²) in [6.07, 6.45) is 3.24. The SMILES string of the molecule is O=C(/C=C/c1ccc(Br)s1)NCCOc1ccc(F)cc1. The minimum Gasteiger partial charge on any atom is -0.492 e. The number of thiophene rings is 1. The van der Waals surface area contributed by atoms with Crippen molar-refractivity contribution >= 4 is 39.2 Å². The van der Waals surface area contributed by atoms with E-state index in [0.29, 0.717) is 18.9 Å². The van der Waals surface area contributed by atoms with E-state index in [2.05, 4.69) is 21.2 Å². The van der Waals surface area contributed by atoms with Gasteiger partial charge in [-0.25, -0.2) is 4.39 Å². The van der Waals surface area contributed by atoms with Crippen molar-refractivity contribution in [3.05, 3.63) is 57.0 Å². The molecule has 2 aromatic rings. The lowest BCUT2D eigenvalue weighted by Crippen LogP contribution is -2.26. The summed E-state index contributed by atoms with van der Waals surface area (Å²) in [5.74, 6) is 0.0906. The number of carbonyl (C=O) groups excluding carboxylic acids is 1. The Balaban J connectivity index is 1.67. The van der Waals surface area contributed by atoms with Crippen molar-refractivity contribution in [1.29, 1.82) is 0 Å². The second-order valence-corrected chi connectivity index (χ2v) is 6.56. The zero-order valence-corrected chi connectivity index (χ0v) is 13.4. The Hall–Kier alpha value is -1.66. The van der Waals surface area contributed by atoms with Gasteiger partial charge >= 0.3 is 0 Å². The summed E-state index contributed by atoms with van der Waals surface area (Å²) in [5, 5.41) is 2.71. The molecule has 0 aliphatic carbocycles. The van der Waals surface area contributed by atoms with Gasteiger partial charge in [-0.3, -0.25) is 4.79 Å². The van der Waals surface area contributed by atoms with Gasteiger partial charge in [-0.1, -0.05) is 0 Å². The van der Waals surface area contributed by atoms with Crippen molar-refractivity contribution in [1.82, 2.24) is 5.32 Å². The summed E-state index contributed by atoms with van der Waals surface area (Å²) in [5.41, 5.74) is 0. The summed E-state index contributed by atoms with van der Waals surface area (Å²) in [6.45, 7) is 0.713. The number of nitrogens with one attached hydrogen (secondary N) is 1. The Morgan fingerprint density at radius 3 is 2.71 bits per heavy atom. The number of hydrogen-bond acceptors (Lipinski definition) is 3. The molecule has 0 spiro atoms. The molecule has 6 heteroatoms. The van der Waals surface area contributed by atoms with E-state index in [9.17, 15) is 9.18 Å². The quantitative estimate of drug-likeness (QED) is 0.620. The molecule has 0 fully saturated rings. The summed E-state index contributed by atoms with van der Waals surface area (Å²) in [6, 6.07) is 9.61. The summed E-state index contributed by atoms with van der Waals surface area (Å²) in [4.78, 5) is 12.6. The fourth-order valence-electron chi connectivity index (χ4n) is 1.51. The maximum absolute atomic E-state index is 12.7. The van der Waals surface area contributed by atoms with Gasteiger partial charge in [0.25, 0.3) is 0 Å². The molecule has 0 saturated carbocycles. The van der Waals surface area contributed by atoms with Crippen LogP contribution in [0.15, 0.2) is 46.3 Å². The van der Waals surface area contributed by atoms with Crippen molar-refractivity contribution < 1.29 is 13.9 Å². The largest absolute Gasteiger partial charge is 0.492 e. The number of amides is 1. The molecule has 21 heavy (non-hydrogen) atoms. The van der Waals surface area contributed by atoms with Crippen molar-refractivity contribution in [2.24, 2.45) is 0 Å². The highest BCUT2D eigenvalue weighted by molar-refractivity contribution is 9.11. The van der Waals surface area contributed by atoms with E-state index >= 15 is 0 Å². The van der Waals surface area contributed by atoms with Gasteiger partial charge in [0.1, 0.15) is 18.2 Å². The zero-order valence-electron chi connectivity index (χ0n) is 11.0. The highest BCUT2D eigenvalue weighted by Crippen LogP contribution is 2.22. The first kappa shape index (κ1) is 15.7. The number of hydrogen-bond donors (Lipinski definition) is 1. The Kier molecular flexibility index (Phi) is 5.95. The molecule has 110 valence electrons. The molecule has 0 unspecified atom stereocenters. The molecular formula is C15H13BrFNO2S. The molecule has 0 aliphatic rings. The van der Waals surface area contributed by atoms with Gasteiger partial charge in [-0.2, -0.15) is 0 Å². The van der Waals surface area contributed by atoms with Crippen LogP contribution in [-0.4, -0.2) is 19.1 Å². The molecule has 1 amide bonds. The fourth-order valence-corrected chi connectivity index (χ4v) is 2.83. The van der Waals surface area contributed by atoms with Crippen molar-refractivity contribution in [2.45, 2.75) is 0 Å². The van der Waals surface area contributed by atoms with Crippen LogP contribution in [-0.2, 0) is 4.79 Å². The van der Waals surface area contributed by atoms with Crippen LogP contribution in [0.2, 0.25) is 0 Å². The molecule has 1 heterocycles. The van der Waals surface area contributed by atoms with Gasteiger partial charge < -0.3 is 10.1 Å². The van der Waals surface area contributed by atoms with E-state index in [0.717, 1.165) is 8.66 Å². The van der Waals surface area contributed by atoms with Gasteiger partial charge in [0.15, 0.2) is 0 Å². The maximum atomic E-state index is 12.7. The van der Waals surface area contributed by atoms with Crippen LogP contribution in [0, 0.1) is 5.82 Å². The van der Waals surface area contributed by atoms with Gasteiger partial charge in [-0.15, -0.1) is 11.3 Å².